The van der Waals surface area contributed by atoms with Crippen LogP contribution in [0, 0.1) is 5.92 Å². The standard InChI is InChI=1S/C10H17NO3/c1-8-3-5-11(9(8)7-12)6-4-10(13)14-2/h4,6,8-9,12H,3,5,7H2,1-2H3/b6-4+. The fourth-order valence-electron chi connectivity index (χ4n) is 1.73. The number of methoxy groups -OCH3 is 1. The summed E-state index contributed by atoms with van der Waals surface area (Å²) in [4.78, 5) is 12.8. The van der Waals surface area contributed by atoms with Crippen molar-refractivity contribution >= 4 is 5.97 Å². The number of carbonyl (C=O) groups excluding carboxylic acids is 1. The van der Waals surface area contributed by atoms with Crippen LogP contribution in [0.3, 0.4) is 0 Å². The number of likely N-dealkylation sites (tertiary alicyclic amines) is 1. The zero-order valence-corrected chi connectivity index (χ0v) is 8.64. The van der Waals surface area contributed by atoms with E-state index in [1.54, 1.807) is 6.20 Å². The van der Waals surface area contributed by atoms with E-state index in [1.165, 1.54) is 13.2 Å². The van der Waals surface area contributed by atoms with E-state index in [9.17, 15) is 4.79 Å². The molecule has 80 valence electrons. The number of aliphatic hydroxyl groups excluding tert-OH is 1. The number of hydrogen-bond acceptors (Lipinski definition) is 4. The second kappa shape index (κ2) is 5.00. The van der Waals surface area contributed by atoms with E-state index in [1.807, 2.05) is 4.90 Å². The maximum atomic E-state index is 10.8. The third-order valence-electron chi connectivity index (χ3n) is 2.72. The molecule has 1 rings (SSSR count). The molecule has 0 amide bonds. The molecule has 0 aromatic heterocycles. The summed E-state index contributed by atoms with van der Waals surface area (Å²) in [5.74, 6) is 0.114. The lowest BCUT2D eigenvalue weighted by Gasteiger charge is -2.22. The van der Waals surface area contributed by atoms with Crippen LogP contribution in [0.2, 0.25) is 0 Å². The van der Waals surface area contributed by atoms with Gasteiger partial charge in [-0.2, -0.15) is 0 Å². The smallest absolute Gasteiger partial charge is 0.331 e. The van der Waals surface area contributed by atoms with E-state index in [0.29, 0.717) is 5.92 Å². The Hall–Kier alpha value is -1.03. The number of rotatable bonds is 3. The van der Waals surface area contributed by atoms with Gasteiger partial charge in [-0.25, -0.2) is 4.79 Å². The number of nitrogens with zero attached hydrogens (tertiary/aromatic N) is 1. The lowest BCUT2D eigenvalue weighted by molar-refractivity contribution is -0.134. The van der Waals surface area contributed by atoms with Gasteiger partial charge in [-0.15, -0.1) is 0 Å². The molecule has 1 saturated heterocycles. The molecule has 0 spiro atoms. The molecule has 4 heteroatoms. The van der Waals surface area contributed by atoms with Crippen LogP contribution < -0.4 is 0 Å². The molecule has 2 atom stereocenters. The molecule has 0 aromatic carbocycles. The Balaban J connectivity index is 2.52. The maximum absolute atomic E-state index is 10.8. The van der Waals surface area contributed by atoms with Crippen molar-refractivity contribution in [2.45, 2.75) is 19.4 Å². The summed E-state index contributed by atoms with van der Waals surface area (Å²) in [5.41, 5.74) is 0. The average Bonchev–Trinajstić information content (AvgIpc) is 2.55. The van der Waals surface area contributed by atoms with Gasteiger partial charge in [0.25, 0.3) is 0 Å². The molecule has 1 heterocycles. The van der Waals surface area contributed by atoms with Crippen molar-refractivity contribution in [3.05, 3.63) is 12.3 Å². The predicted octanol–water partition coefficient (Wildman–Crippen LogP) is 0.376. The van der Waals surface area contributed by atoms with E-state index in [2.05, 4.69) is 11.7 Å². The van der Waals surface area contributed by atoms with Crippen molar-refractivity contribution in [2.24, 2.45) is 5.92 Å². The molecule has 1 fully saturated rings. The molecule has 2 unspecified atom stereocenters. The highest BCUT2D eigenvalue weighted by atomic mass is 16.5. The lowest BCUT2D eigenvalue weighted by atomic mass is 10.0. The van der Waals surface area contributed by atoms with Crippen molar-refractivity contribution in [1.82, 2.24) is 4.90 Å². The molecule has 0 bridgehead atoms. The fourth-order valence-corrected chi connectivity index (χ4v) is 1.73. The minimum absolute atomic E-state index is 0.132. The highest BCUT2D eigenvalue weighted by Gasteiger charge is 2.28. The van der Waals surface area contributed by atoms with Gasteiger partial charge in [-0.1, -0.05) is 6.92 Å². The van der Waals surface area contributed by atoms with E-state index in [-0.39, 0.29) is 18.6 Å². The summed E-state index contributed by atoms with van der Waals surface area (Å²) in [6.45, 7) is 3.12. The number of hydrogen-bond donors (Lipinski definition) is 1. The first-order chi connectivity index (χ1) is 6.69. The Bertz CT molecular complexity index is 227. The molecule has 4 nitrogen and oxygen atoms in total. The van der Waals surface area contributed by atoms with Gasteiger partial charge >= 0.3 is 5.97 Å². The summed E-state index contributed by atoms with van der Waals surface area (Å²) in [6, 6.07) is 0.135. The second-order valence-corrected chi connectivity index (χ2v) is 3.59. The summed E-state index contributed by atoms with van der Waals surface area (Å²) >= 11 is 0. The zero-order valence-electron chi connectivity index (χ0n) is 8.64. The zero-order chi connectivity index (χ0) is 10.6. The topological polar surface area (TPSA) is 49.8 Å². The van der Waals surface area contributed by atoms with Crippen molar-refractivity contribution in [1.29, 1.82) is 0 Å². The van der Waals surface area contributed by atoms with E-state index in [0.717, 1.165) is 13.0 Å². The molecule has 0 radical (unpaired) electrons. The van der Waals surface area contributed by atoms with Crippen LogP contribution in [-0.2, 0) is 9.53 Å². The van der Waals surface area contributed by atoms with Crippen molar-refractivity contribution in [3.63, 3.8) is 0 Å². The number of aliphatic hydroxyl groups is 1. The fraction of sp³-hybridized carbons (Fsp3) is 0.700. The first kappa shape index (κ1) is 11.0. The second-order valence-electron chi connectivity index (χ2n) is 3.59. The maximum Gasteiger partial charge on any atom is 0.331 e. The molecular formula is C10H17NO3. The van der Waals surface area contributed by atoms with Gasteiger partial charge in [-0.3, -0.25) is 0 Å². The van der Waals surface area contributed by atoms with Gasteiger partial charge in [0, 0.05) is 18.8 Å². The van der Waals surface area contributed by atoms with Gasteiger partial charge < -0.3 is 14.7 Å². The average molecular weight is 199 g/mol. The lowest BCUT2D eigenvalue weighted by Crippen LogP contribution is -2.31. The number of esters is 1. The molecule has 1 aliphatic heterocycles. The largest absolute Gasteiger partial charge is 0.466 e. The van der Waals surface area contributed by atoms with Gasteiger partial charge in [-0.05, 0) is 12.3 Å². The summed E-state index contributed by atoms with van der Waals surface area (Å²) in [7, 11) is 1.35. The normalized spacial score (nSPS) is 27.2. The molecule has 0 saturated carbocycles. The molecule has 14 heavy (non-hydrogen) atoms. The van der Waals surface area contributed by atoms with E-state index < -0.39 is 0 Å². The Kier molecular flexibility index (Phi) is 3.95. The molecular weight excluding hydrogens is 182 g/mol. The molecule has 1 N–H and O–H groups in total. The summed E-state index contributed by atoms with van der Waals surface area (Å²) in [6.07, 6.45) is 4.15. The van der Waals surface area contributed by atoms with Crippen molar-refractivity contribution < 1.29 is 14.6 Å². The Morgan fingerprint density at radius 1 is 1.71 bits per heavy atom. The molecule has 0 aromatic rings. The van der Waals surface area contributed by atoms with Crippen LogP contribution in [0.1, 0.15) is 13.3 Å². The van der Waals surface area contributed by atoms with Gasteiger partial charge in [0.1, 0.15) is 0 Å². The Morgan fingerprint density at radius 3 is 3.00 bits per heavy atom. The van der Waals surface area contributed by atoms with Crippen LogP contribution in [-0.4, -0.2) is 42.3 Å². The van der Waals surface area contributed by atoms with Crippen LogP contribution in [0.25, 0.3) is 0 Å². The van der Waals surface area contributed by atoms with Gasteiger partial charge in [0.2, 0.25) is 0 Å². The van der Waals surface area contributed by atoms with Crippen molar-refractivity contribution in [2.75, 3.05) is 20.3 Å². The van der Waals surface area contributed by atoms with E-state index >= 15 is 0 Å². The quantitative estimate of drug-likeness (QED) is 0.527. The first-order valence-corrected chi connectivity index (χ1v) is 4.81. The Morgan fingerprint density at radius 2 is 2.43 bits per heavy atom. The van der Waals surface area contributed by atoms with Crippen LogP contribution >= 0.6 is 0 Å². The van der Waals surface area contributed by atoms with Crippen LogP contribution in [0.15, 0.2) is 12.3 Å². The van der Waals surface area contributed by atoms with Gasteiger partial charge in [0.05, 0.1) is 19.8 Å². The van der Waals surface area contributed by atoms with Gasteiger partial charge in [0.15, 0.2) is 0 Å². The van der Waals surface area contributed by atoms with Crippen LogP contribution in [0.5, 0.6) is 0 Å². The first-order valence-electron chi connectivity index (χ1n) is 4.81. The highest BCUT2D eigenvalue weighted by molar-refractivity contribution is 5.81. The third-order valence-corrected chi connectivity index (χ3v) is 2.72. The third kappa shape index (κ3) is 2.48. The molecule has 1 aliphatic rings. The van der Waals surface area contributed by atoms with Crippen LogP contribution in [0.4, 0.5) is 0 Å². The van der Waals surface area contributed by atoms with Crippen molar-refractivity contribution in [3.8, 4) is 0 Å². The Labute approximate surface area is 84.2 Å². The minimum atomic E-state index is -0.360. The number of carbonyl (C=O) groups is 1. The molecule has 0 aliphatic carbocycles. The minimum Gasteiger partial charge on any atom is -0.466 e. The summed E-state index contributed by atoms with van der Waals surface area (Å²) < 4.78 is 4.49. The highest BCUT2D eigenvalue weighted by Crippen LogP contribution is 2.23. The monoisotopic (exact) mass is 199 g/mol. The SMILES string of the molecule is COC(=O)/C=C/N1CCC(C)C1CO. The number of ether oxygens (including phenoxy) is 1. The van der Waals surface area contributed by atoms with E-state index in [4.69, 9.17) is 5.11 Å². The predicted molar refractivity (Wildman–Crippen MR) is 52.5 cm³/mol. The summed E-state index contributed by atoms with van der Waals surface area (Å²) in [5, 5.41) is 9.14.